The SMILES string of the molecule is C=CCC(C(C)N)C(N)O[C]=O. The summed E-state index contributed by atoms with van der Waals surface area (Å²) < 4.78 is 4.46. The van der Waals surface area contributed by atoms with E-state index in [0.717, 1.165) is 0 Å². The number of allylic oxidation sites excluding steroid dienone is 1. The third-order valence-electron chi connectivity index (χ3n) is 1.72. The molecule has 3 atom stereocenters. The van der Waals surface area contributed by atoms with Gasteiger partial charge in [-0.25, -0.2) is 4.79 Å². The van der Waals surface area contributed by atoms with Crippen molar-refractivity contribution < 1.29 is 9.53 Å². The second-order valence-corrected chi connectivity index (χ2v) is 2.71. The number of carbonyl (C=O) groups excluding carboxylic acids is 1. The van der Waals surface area contributed by atoms with Crippen LogP contribution in [-0.4, -0.2) is 18.7 Å². The molecule has 0 saturated carbocycles. The van der Waals surface area contributed by atoms with Crippen molar-refractivity contribution in [2.24, 2.45) is 17.4 Å². The summed E-state index contributed by atoms with van der Waals surface area (Å²) >= 11 is 0. The minimum Gasteiger partial charge on any atom is -0.438 e. The molecule has 0 fully saturated rings. The summed E-state index contributed by atoms with van der Waals surface area (Å²) in [6, 6.07) is -0.133. The molecule has 0 amide bonds. The first kappa shape index (κ1) is 11.1. The zero-order valence-corrected chi connectivity index (χ0v) is 7.19. The Bertz CT molecular complexity index is 148. The maximum atomic E-state index is 9.85. The van der Waals surface area contributed by atoms with Crippen molar-refractivity contribution in [3.05, 3.63) is 12.7 Å². The average molecular weight is 171 g/mol. The highest BCUT2D eigenvalue weighted by Gasteiger charge is 2.21. The van der Waals surface area contributed by atoms with Gasteiger partial charge in [0.05, 0.1) is 0 Å². The lowest BCUT2D eigenvalue weighted by atomic mass is 9.96. The molecular formula is C8H15N2O2. The lowest BCUT2D eigenvalue weighted by Crippen LogP contribution is -2.42. The van der Waals surface area contributed by atoms with Crippen LogP contribution in [0.4, 0.5) is 0 Å². The molecule has 0 aromatic heterocycles. The topological polar surface area (TPSA) is 78.3 Å². The molecule has 0 aliphatic carbocycles. The third-order valence-corrected chi connectivity index (χ3v) is 1.72. The summed E-state index contributed by atoms with van der Waals surface area (Å²) in [4.78, 5) is 9.85. The Balaban J connectivity index is 4.07. The fraction of sp³-hybridized carbons (Fsp3) is 0.625. The van der Waals surface area contributed by atoms with E-state index < -0.39 is 6.23 Å². The maximum Gasteiger partial charge on any atom is 0.419 e. The number of hydrogen-bond acceptors (Lipinski definition) is 4. The van der Waals surface area contributed by atoms with Crippen LogP contribution in [0.2, 0.25) is 0 Å². The van der Waals surface area contributed by atoms with Gasteiger partial charge >= 0.3 is 6.47 Å². The summed E-state index contributed by atoms with van der Waals surface area (Å²) in [5.41, 5.74) is 11.1. The highest BCUT2D eigenvalue weighted by Crippen LogP contribution is 2.11. The predicted octanol–water partition coefficient (Wildman–Crippen LogP) is -0.105. The second kappa shape index (κ2) is 5.74. The molecule has 1 radical (unpaired) electrons. The van der Waals surface area contributed by atoms with Gasteiger partial charge in [-0.05, 0) is 13.3 Å². The summed E-state index contributed by atoms with van der Waals surface area (Å²) in [7, 11) is 0. The van der Waals surface area contributed by atoms with Crippen molar-refractivity contribution in [3.63, 3.8) is 0 Å². The zero-order valence-electron chi connectivity index (χ0n) is 7.19. The third kappa shape index (κ3) is 3.50. The van der Waals surface area contributed by atoms with Crippen molar-refractivity contribution in [1.82, 2.24) is 0 Å². The molecule has 0 saturated heterocycles. The van der Waals surface area contributed by atoms with E-state index in [4.69, 9.17) is 11.5 Å². The molecule has 0 aromatic carbocycles. The molecule has 12 heavy (non-hydrogen) atoms. The zero-order chi connectivity index (χ0) is 9.56. The van der Waals surface area contributed by atoms with Crippen molar-refractivity contribution in [2.45, 2.75) is 25.6 Å². The molecule has 0 aromatic rings. The quantitative estimate of drug-likeness (QED) is 0.432. The van der Waals surface area contributed by atoms with Crippen molar-refractivity contribution >= 4 is 6.47 Å². The molecule has 3 unspecified atom stereocenters. The van der Waals surface area contributed by atoms with Crippen LogP contribution in [0.15, 0.2) is 12.7 Å². The second-order valence-electron chi connectivity index (χ2n) is 2.71. The van der Waals surface area contributed by atoms with Crippen LogP contribution in [0, 0.1) is 5.92 Å². The molecule has 0 aliphatic heterocycles. The van der Waals surface area contributed by atoms with Gasteiger partial charge in [-0.15, -0.1) is 6.58 Å². The normalized spacial score (nSPS) is 17.6. The van der Waals surface area contributed by atoms with Crippen molar-refractivity contribution in [1.29, 1.82) is 0 Å². The standard InChI is InChI=1S/C8H15N2O2/c1-3-4-7(6(2)9)8(10)12-5-11/h3,6-8H,1,4,9-10H2,2H3. The van der Waals surface area contributed by atoms with Crippen LogP contribution in [0.25, 0.3) is 0 Å². The Kier molecular flexibility index (Phi) is 5.32. The predicted molar refractivity (Wildman–Crippen MR) is 46.7 cm³/mol. The first-order chi connectivity index (χ1) is 5.63. The highest BCUT2D eigenvalue weighted by atomic mass is 16.5. The van der Waals surface area contributed by atoms with Gasteiger partial charge in [-0.1, -0.05) is 6.08 Å². The Morgan fingerprint density at radius 3 is 2.58 bits per heavy atom. The lowest BCUT2D eigenvalue weighted by molar-refractivity contribution is 0.109. The van der Waals surface area contributed by atoms with Gasteiger partial charge < -0.3 is 10.5 Å². The molecular weight excluding hydrogens is 156 g/mol. The first-order valence-electron chi connectivity index (χ1n) is 3.78. The molecule has 0 aliphatic rings. The van der Waals surface area contributed by atoms with Crippen molar-refractivity contribution in [2.75, 3.05) is 0 Å². The van der Waals surface area contributed by atoms with Gasteiger partial charge in [-0.2, -0.15) is 0 Å². The monoisotopic (exact) mass is 171 g/mol. The average Bonchev–Trinajstić information content (AvgIpc) is 1.99. The van der Waals surface area contributed by atoms with E-state index in [1.807, 2.05) is 6.92 Å². The summed E-state index contributed by atoms with van der Waals surface area (Å²) in [6.45, 7) is 6.66. The van der Waals surface area contributed by atoms with Gasteiger partial charge in [0.15, 0.2) is 6.23 Å². The van der Waals surface area contributed by atoms with E-state index in [1.165, 1.54) is 6.47 Å². The van der Waals surface area contributed by atoms with Crippen LogP contribution in [0.1, 0.15) is 13.3 Å². The largest absolute Gasteiger partial charge is 0.438 e. The summed E-state index contributed by atoms with van der Waals surface area (Å²) in [5, 5.41) is 0. The fourth-order valence-corrected chi connectivity index (χ4v) is 0.983. The van der Waals surface area contributed by atoms with E-state index in [2.05, 4.69) is 11.3 Å². The molecule has 4 nitrogen and oxygen atoms in total. The summed E-state index contributed by atoms with van der Waals surface area (Å²) in [5.74, 6) is -0.0936. The van der Waals surface area contributed by atoms with E-state index in [0.29, 0.717) is 6.42 Å². The van der Waals surface area contributed by atoms with Crippen molar-refractivity contribution in [3.8, 4) is 0 Å². The molecule has 69 valence electrons. The number of nitrogens with two attached hydrogens (primary N) is 2. The molecule has 0 spiro atoms. The van der Waals surface area contributed by atoms with E-state index >= 15 is 0 Å². The number of hydrogen-bond donors (Lipinski definition) is 2. The fourth-order valence-electron chi connectivity index (χ4n) is 0.983. The Hall–Kier alpha value is -0.870. The first-order valence-corrected chi connectivity index (χ1v) is 3.78. The van der Waals surface area contributed by atoms with Crippen LogP contribution < -0.4 is 11.5 Å². The van der Waals surface area contributed by atoms with Crippen LogP contribution >= 0.6 is 0 Å². The molecule has 0 bridgehead atoms. The van der Waals surface area contributed by atoms with E-state index in [9.17, 15) is 4.79 Å². The van der Waals surface area contributed by atoms with Crippen LogP contribution in [0.5, 0.6) is 0 Å². The smallest absolute Gasteiger partial charge is 0.419 e. The van der Waals surface area contributed by atoms with E-state index in [1.54, 1.807) is 6.08 Å². The number of rotatable bonds is 6. The Labute approximate surface area is 72.6 Å². The highest BCUT2D eigenvalue weighted by molar-refractivity contribution is 5.38. The van der Waals surface area contributed by atoms with Gasteiger partial charge in [0.25, 0.3) is 0 Å². The number of ether oxygens (including phenoxy) is 1. The minimum atomic E-state index is -0.694. The van der Waals surface area contributed by atoms with Crippen LogP contribution in [0.3, 0.4) is 0 Å². The molecule has 0 rings (SSSR count). The molecule has 0 heterocycles. The van der Waals surface area contributed by atoms with E-state index in [-0.39, 0.29) is 12.0 Å². The van der Waals surface area contributed by atoms with Gasteiger partial charge in [-0.3, -0.25) is 5.73 Å². The Morgan fingerprint density at radius 2 is 2.25 bits per heavy atom. The molecule has 4 heteroatoms. The molecule has 4 N–H and O–H groups in total. The lowest BCUT2D eigenvalue weighted by Gasteiger charge is -2.23. The van der Waals surface area contributed by atoms with Gasteiger partial charge in [0.2, 0.25) is 0 Å². The van der Waals surface area contributed by atoms with Crippen LogP contribution in [-0.2, 0) is 9.53 Å². The maximum absolute atomic E-state index is 9.85. The van der Waals surface area contributed by atoms with Gasteiger partial charge in [0, 0.05) is 12.0 Å². The minimum absolute atomic E-state index is 0.0936. The Morgan fingerprint density at radius 1 is 1.67 bits per heavy atom. The summed E-state index contributed by atoms with van der Waals surface area (Å²) in [6.07, 6.45) is 1.63. The van der Waals surface area contributed by atoms with Gasteiger partial charge in [0.1, 0.15) is 0 Å².